The largest absolute Gasteiger partial charge is 0.308 e. The average Bonchev–Trinajstić information content (AvgIpc) is 2.81. The summed E-state index contributed by atoms with van der Waals surface area (Å²) in [5, 5.41) is 7.47. The minimum Gasteiger partial charge on any atom is -0.308 e. The monoisotopic (exact) mass is 311 g/mol. The van der Waals surface area contributed by atoms with E-state index in [2.05, 4.69) is 26.3 Å². The van der Waals surface area contributed by atoms with Gasteiger partial charge in [-0.2, -0.15) is 5.10 Å². The molecule has 0 aliphatic carbocycles. The van der Waals surface area contributed by atoms with E-state index < -0.39 is 0 Å². The van der Waals surface area contributed by atoms with E-state index in [9.17, 15) is 4.39 Å². The maximum absolute atomic E-state index is 13.1. The molecule has 0 unspecified atom stereocenters. The molecule has 0 radical (unpaired) electrons. The molecule has 0 aliphatic heterocycles. The standard InChI is InChI=1S/C13H15BrFN3/c1-2-18-9-10(7-17-18)6-16-8-11-5-12(15)3-4-13(11)14/h3-5,7,9,16H,2,6,8H2,1H3. The van der Waals surface area contributed by atoms with Crippen LogP contribution >= 0.6 is 15.9 Å². The first kappa shape index (κ1) is 13.2. The van der Waals surface area contributed by atoms with Gasteiger partial charge in [-0.05, 0) is 30.7 Å². The Hall–Kier alpha value is -1.20. The van der Waals surface area contributed by atoms with Gasteiger partial charge in [0.15, 0.2) is 0 Å². The van der Waals surface area contributed by atoms with Crippen molar-refractivity contribution < 1.29 is 4.39 Å². The van der Waals surface area contributed by atoms with Crippen molar-refractivity contribution in [3.05, 3.63) is 52.0 Å². The molecule has 0 atom stereocenters. The molecule has 0 saturated carbocycles. The Bertz CT molecular complexity index is 525. The summed E-state index contributed by atoms with van der Waals surface area (Å²) < 4.78 is 15.9. The van der Waals surface area contributed by atoms with Gasteiger partial charge in [0, 0.05) is 35.9 Å². The Kier molecular flexibility index (Phi) is 4.49. The van der Waals surface area contributed by atoms with Crippen LogP contribution in [0.15, 0.2) is 35.1 Å². The Morgan fingerprint density at radius 3 is 2.94 bits per heavy atom. The fourth-order valence-corrected chi connectivity index (χ4v) is 2.08. The molecule has 3 nitrogen and oxygen atoms in total. The highest BCUT2D eigenvalue weighted by Gasteiger charge is 2.02. The van der Waals surface area contributed by atoms with Gasteiger partial charge in [-0.3, -0.25) is 4.68 Å². The van der Waals surface area contributed by atoms with Crippen molar-refractivity contribution in [1.29, 1.82) is 0 Å². The van der Waals surface area contributed by atoms with Crippen molar-refractivity contribution in [2.75, 3.05) is 0 Å². The van der Waals surface area contributed by atoms with Crippen LogP contribution in [0.25, 0.3) is 0 Å². The molecule has 18 heavy (non-hydrogen) atoms. The van der Waals surface area contributed by atoms with Crippen molar-refractivity contribution in [2.24, 2.45) is 0 Å². The van der Waals surface area contributed by atoms with Crippen LogP contribution in [0.3, 0.4) is 0 Å². The fourth-order valence-electron chi connectivity index (χ4n) is 1.69. The van der Waals surface area contributed by atoms with E-state index >= 15 is 0 Å². The van der Waals surface area contributed by atoms with Crippen LogP contribution in [0.1, 0.15) is 18.1 Å². The molecule has 0 spiro atoms. The minimum atomic E-state index is -0.214. The van der Waals surface area contributed by atoms with Gasteiger partial charge in [-0.15, -0.1) is 0 Å². The van der Waals surface area contributed by atoms with Crippen LogP contribution in [0.2, 0.25) is 0 Å². The van der Waals surface area contributed by atoms with E-state index in [1.165, 1.54) is 12.1 Å². The van der Waals surface area contributed by atoms with E-state index in [1.54, 1.807) is 6.07 Å². The van der Waals surface area contributed by atoms with Crippen molar-refractivity contribution in [2.45, 2.75) is 26.6 Å². The molecule has 1 aromatic heterocycles. The van der Waals surface area contributed by atoms with Gasteiger partial charge in [0.25, 0.3) is 0 Å². The normalized spacial score (nSPS) is 10.8. The number of benzene rings is 1. The zero-order chi connectivity index (χ0) is 13.0. The van der Waals surface area contributed by atoms with Gasteiger partial charge in [-0.1, -0.05) is 15.9 Å². The highest BCUT2D eigenvalue weighted by atomic mass is 79.9. The lowest BCUT2D eigenvalue weighted by atomic mass is 10.2. The molecule has 1 N–H and O–H groups in total. The van der Waals surface area contributed by atoms with Crippen molar-refractivity contribution >= 4 is 15.9 Å². The van der Waals surface area contributed by atoms with E-state index in [-0.39, 0.29) is 5.82 Å². The minimum absolute atomic E-state index is 0.214. The molecular weight excluding hydrogens is 297 g/mol. The van der Waals surface area contributed by atoms with Gasteiger partial charge < -0.3 is 5.32 Å². The summed E-state index contributed by atoms with van der Waals surface area (Å²) in [6, 6.07) is 4.70. The smallest absolute Gasteiger partial charge is 0.123 e. The number of nitrogens with zero attached hydrogens (tertiary/aromatic N) is 2. The lowest BCUT2D eigenvalue weighted by molar-refractivity contribution is 0.619. The van der Waals surface area contributed by atoms with Crippen molar-refractivity contribution in [1.82, 2.24) is 15.1 Å². The number of hydrogen-bond donors (Lipinski definition) is 1. The maximum Gasteiger partial charge on any atom is 0.123 e. The molecule has 2 aromatic rings. The quantitative estimate of drug-likeness (QED) is 0.919. The molecule has 2 rings (SSSR count). The van der Waals surface area contributed by atoms with Gasteiger partial charge in [0.1, 0.15) is 5.82 Å². The molecule has 1 heterocycles. The van der Waals surface area contributed by atoms with Crippen LogP contribution in [-0.2, 0) is 19.6 Å². The third-order valence-electron chi connectivity index (χ3n) is 2.66. The van der Waals surface area contributed by atoms with Crippen LogP contribution in [0.5, 0.6) is 0 Å². The van der Waals surface area contributed by atoms with Crippen LogP contribution in [-0.4, -0.2) is 9.78 Å². The second-order valence-corrected chi connectivity index (χ2v) is 4.90. The number of rotatable bonds is 5. The number of aromatic nitrogens is 2. The zero-order valence-electron chi connectivity index (χ0n) is 10.2. The number of hydrogen-bond acceptors (Lipinski definition) is 2. The molecular formula is C13H15BrFN3. The lowest BCUT2D eigenvalue weighted by Crippen LogP contribution is -2.12. The summed E-state index contributed by atoms with van der Waals surface area (Å²) in [6.07, 6.45) is 3.85. The molecule has 96 valence electrons. The molecule has 1 aromatic carbocycles. The predicted octanol–water partition coefficient (Wildman–Crippen LogP) is 3.09. The first-order valence-corrected chi connectivity index (χ1v) is 6.64. The number of aryl methyl sites for hydroxylation is 1. The van der Waals surface area contributed by atoms with Gasteiger partial charge >= 0.3 is 0 Å². The third-order valence-corrected chi connectivity index (χ3v) is 3.44. The van der Waals surface area contributed by atoms with Gasteiger partial charge in [0.2, 0.25) is 0 Å². The highest BCUT2D eigenvalue weighted by molar-refractivity contribution is 9.10. The second-order valence-electron chi connectivity index (χ2n) is 4.04. The first-order chi connectivity index (χ1) is 8.69. The zero-order valence-corrected chi connectivity index (χ0v) is 11.7. The van der Waals surface area contributed by atoms with Gasteiger partial charge in [-0.25, -0.2) is 4.39 Å². The second kappa shape index (κ2) is 6.11. The number of nitrogens with one attached hydrogen (secondary N) is 1. The molecule has 0 saturated heterocycles. The molecule has 0 bridgehead atoms. The Morgan fingerprint density at radius 2 is 2.22 bits per heavy atom. The summed E-state index contributed by atoms with van der Waals surface area (Å²) in [4.78, 5) is 0. The Morgan fingerprint density at radius 1 is 1.39 bits per heavy atom. The van der Waals surface area contributed by atoms with Crippen LogP contribution < -0.4 is 5.32 Å². The third kappa shape index (κ3) is 3.40. The fraction of sp³-hybridized carbons (Fsp3) is 0.308. The van der Waals surface area contributed by atoms with Crippen LogP contribution in [0.4, 0.5) is 4.39 Å². The van der Waals surface area contributed by atoms with E-state index in [4.69, 9.17) is 0 Å². The maximum atomic E-state index is 13.1. The van der Waals surface area contributed by atoms with Crippen molar-refractivity contribution in [3.8, 4) is 0 Å². The molecule has 0 amide bonds. The van der Waals surface area contributed by atoms with Crippen molar-refractivity contribution in [3.63, 3.8) is 0 Å². The van der Waals surface area contributed by atoms with Crippen LogP contribution in [0, 0.1) is 5.82 Å². The van der Waals surface area contributed by atoms with E-state index in [0.29, 0.717) is 6.54 Å². The lowest BCUT2D eigenvalue weighted by Gasteiger charge is -2.06. The summed E-state index contributed by atoms with van der Waals surface area (Å²) in [6.45, 7) is 4.27. The summed E-state index contributed by atoms with van der Waals surface area (Å²) in [5.74, 6) is -0.214. The first-order valence-electron chi connectivity index (χ1n) is 5.85. The summed E-state index contributed by atoms with van der Waals surface area (Å²) in [5.41, 5.74) is 2.04. The average molecular weight is 312 g/mol. The SMILES string of the molecule is CCn1cc(CNCc2cc(F)ccc2Br)cn1. The highest BCUT2D eigenvalue weighted by Crippen LogP contribution is 2.17. The Balaban J connectivity index is 1.90. The van der Waals surface area contributed by atoms with E-state index in [1.807, 2.05) is 24.0 Å². The number of halogens is 2. The predicted molar refractivity (Wildman–Crippen MR) is 72.5 cm³/mol. The molecule has 0 fully saturated rings. The summed E-state index contributed by atoms with van der Waals surface area (Å²) >= 11 is 3.41. The van der Waals surface area contributed by atoms with E-state index in [0.717, 1.165) is 28.7 Å². The van der Waals surface area contributed by atoms with Gasteiger partial charge in [0.05, 0.1) is 6.20 Å². The Labute approximate surface area is 114 Å². The summed E-state index contributed by atoms with van der Waals surface area (Å²) in [7, 11) is 0. The molecule has 5 heteroatoms. The topological polar surface area (TPSA) is 29.9 Å². The molecule has 0 aliphatic rings.